The van der Waals surface area contributed by atoms with Crippen molar-refractivity contribution in [1.29, 1.82) is 0 Å². The van der Waals surface area contributed by atoms with Gasteiger partial charge in [-0.05, 0) is 36.1 Å². The second-order valence-corrected chi connectivity index (χ2v) is 11.0. The molecule has 0 radical (unpaired) electrons. The van der Waals surface area contributed by atoms with E-state index in [9.17, 15) is 14.7 Å². The lowest BCUT2D eigenvalue weighted by molar-refractivity contribution is -0.109. The fraction of sp³-hybridized carbons (Fsp3) is 0.257. The van der Waals surface area contributed by atoms with Crippen molar-refractivity contribution < 1.29 is 14.7 Å². The molecule has 0 spiro atoms. The summed E-state index contributed by atoms with van der Waals surface area (Å²) in [6.45, 7) is 5.63. The van der Waals surface area contributed by atoms with Crippen LogP contribution in [0.2, 0.25) is 5.02 Å². The predicted octanol–water partition coefficient (Wildman–Crippen LogP) is 6.25. The van der Waals surface area contributed by atoms with E-state index in [-0.39, 0.29) is 5.91 Å². The van der Waals surface area contributed by atoms with Crippen molar-refractivity contribution >= 4 is 40.8 Å². The number of anilines is 1. The zero-order chi connectivity index (χ0) is 31.8. The number of rotatable bonds is 9. The van der Waals surface area contributed by atoms with Gasteiger partial charge in [0.2, 0.25) is 6.41 Å². The first-order chi connectivity index (χ1) is 22.0. The van der Waals surface area contributed by atoms with Crippen LogP contribution >= 0.6 is 11.6 Å². The number of aromatic amines is 1. The second kappa shape index (κ2) is 14.4. The van der Waals surface area contributed by atoms with Crippen LogP contribution < -0.4 is 10.6 Å². The third-order valence-electron chi connectivity index (χ3n) is 7.87. The van der Waals surface area contributed by atoms with Gasteiger partial charge in [-0.2, -0.15) is 0 Å². The molecule has 0 aliphatic carbocycles. The van der Waals surface area contributed by atoms with E-state index >= 15 is 0 Å². The Morgan fingerprint density at radius 2 is 1.62 bits per heavy atom. The predicted molar refractivity (Wildman–Crippen MR) is 179 cm³/mol. The summed E-state index contributed by atoms with van der Waals surface area (Å²) < 4.78 is 0. The summed E-state index contributed by atoms with van der Waals surface area (Å²) in [5, 5.41) is 19.0. The molecule has 2 amide bonds. The maximum absolute atomic E-state index is 13.7. The van der Waals surface area contributed by atoms with Crippen molar-refractivity contribution in [2.75, 3.05) is 31.5 Å². The Morgan fingerprint density at radius 3 is 2.33 bits per heavy atom. The van der Waals surface area contributed by atoms with Crippen LogP contribution in [0.4, 0.5) is 5.82 Å². The minimum Gasteiger partial charge on any atom is -0.385 e. The number of likely N-dealkylation sites (tertiary alicyclic amines) is 1. The van der Waals surface area contributed by atoms with E-state index in [0.717, 1.165) is 22.3 Å². The number of nitrogens with one attached hydrogen (secondary N) is 3. The van der Waals surface area contributed by atoms with Crippen LogP contribution in [0.25, 0.3) is 33.5 Å². The molecule has 5 aromatic rings. The molecule has 3 aromatic carbocycles. The van der Waals surface area contributed by atoms with Crippen molar-refractivity contribution in [3.05, 3.63) is 101 Å². The number of benzene rings is 3. The molecule has 232 valence electrons. The van der Waals surface area contributed by atoms with Gasteiger partial charge in [-0.15, -0.1) is 0 Å². The largest absolute Gasteiger partial charge is 0.385 e. The van der Waals surface area contributed by atoms with Crippen LogP contribution in [0, 0.1) is 0 Å². The Labute approximate surface area is 267 Å². The molecule has 2 aromatic heterocycles. The van der Waals surface area contributed by atoms with Crippen molar-refractivity contribution in [2.45, 2.75) is 32.3 Å². The first-order valence-electron chi connectivity index (χ1n) is 15.2. The SMILES string of the molecule is CC.O=CNCCNc1nc(-c2ccccc2)nc2[nH]c(C(=O)N3CCC(O)(c4ccccc4-c4ccccc4Cl)CC3)cc12. The number of carbonyl (C=O) groups is 2. The van der Waals surface area contributed by atoms with Gasteiger partial charge in [0.05, 0.1) is 11.0 Å². The number of carbonyl (C=O) groups excluding carboxylic acids is 2. The minimum absolute atomic E-state index is 0.172. The smallest absolute Gasteiger partial charge is 0.270 e. The normalized spacial score (nSPS) is 13.9. The standard InChI is InChI=1S/C33H31ClN6O3.C2H6/c34-27-13-7-5-11-24(27)23-10-4-6-12-26(23)33(43)14-18-40(19-15-33)32(42)28-20-25-30(36-17-16-35-21-41)38-29(39-31(25)37-28)22-8-2-1-3-9-22;1-2/h1-13,20-21,43H,14-19H2,(H,35,41)(H2,36,37,38,39);1-2H3. The summed E-state index contributed by atoms with van der Waals surface area (Å²) >= 11 is 6.51. The lowest BCUT2D eigenvalue weighted by Crippen LogP contribution is -2.45. The number of fused-ring (bicyclic) bond motifs is 1. The Morgan fingerprint density at radius 1 is 0.956 bits per heavy atom. The number of aliphatic hydroxyl groups is 1. The molecule has 10 heteroatoms. The molecule has 4 N–H and O–H groups in total. The van der Waals surface area contributed by atoms with E-state index in [0.29, 0.717) is 78.8 Å². The van der Waals surface area contributed by atoms with Gasteiger partial charge < -0.3 is 25.6 Å². The maximum atomic E-state index is 13.7. The molecule has 1 fully saturated rings. The van der Waals surface area contributed by atoms with Gasteiger partial charge in [0.25, 0.3) is 5.91 Å². The van der Waals surface area contributed by atoms with E-state index in [1.165, 1.54) is 0 Å². The number of aromatic nitrogens is 3. The highest BCUT2D eigenvalue weighted by Gasteiger charge is 2.37. The van der Waals surface area contributed by atoms with Gasteiger partial charge in [-0.25, -0.2) is 9.97 Å². The third-order valence-corrected chi connectivity index (χ3v) is 8.19. The highest BCUT2D eigenvalue weighted by Crippen LogP contribution is 2.41. The van der Waals surface area contributed by atoms with Gasteiger partial charge in [-0.1, -0.05) is 98.2 Å². The highest BCUT2D eigenvalue weighted by atomic mass is 35.5. The second-order valence-electron chi connectivity index (χ2n) is 10.6. The molecular weight excluding hydrogens is 588 g/mol. The molecule has 1 aliphatic rings. The number of hydrogen-bond acceptors (Lipinski definition) is 6. The number of nitrogens with zero attached hydrogens (tertiary/aromatic N) is 3. The van der Waals surface area contributed by atoms with Crippen LogP contribution in [0.15, 0.2) is 84.9 Å². The van der Waals surface area contributed by atoms with Gasteiger partial charge in [0.15, 0.2) is 5.82 Å². The van der Waals surface area contributed by atoms with Crippen molar-refractivity contribution in [3.8, 4) is 22.5 Å². The number of halogens is 1. The van der Waals surface area contributed by atoms with Crippen molar-refractivity contribution in [2.24, 2.45) is 0 Å². The van der Waals surface area contributed by atoms with Crippen LogP contribution in [0.1, 0.15) is 42.7 Å². The molecule has 1 saturated heterocycles. The minimum atomic E-state index is -1.10. The number of piperidine rings is 1. The topological polar surface area (TPSA) is 123 Å². The summed E-state index contributed by atoms with van der Waals surface area (Å²) in [7, 11) is 0. The van der Waals surface area contributed by atoms with Gasteiger partial charge in [0, 0.05) is 42.3 Å². The lowest BCUT2D eigenvalue weighted by atomic mass is 9.80. The summed E-state index contributed by atoms with van der Waals surface area (Å²) in [6, 6.07) is 26.7. The van der Waals surface area contributed by atoms with E-state index in [1.54, 1.807) is 11.0 Å². The van der Waals surface area contributed by atoms with Crippen LogP contribution in [0.5, 0.6) is 0 Å². The van der Waals surface area contributed by atoms with Crippen molar-refractivity contribution in [1.82, 2.24) is 25.2 Å². The monoisotopic (exact) mass is 624 g/mol. The Kier molecular flexibility index (Phi) is 10.1. The lowest BCUT2D eigenvalue weighted by Gasteiger charge is -2.39. The number of hydrogen-bond donors (Lipinski definition) is 4. The first-order valence-corrected chi connectivity index (χ1v) is 15.6. The Balaban J connectivity index is 0.00000196. The zero-order valence-electron chi connectivity index (χ0n) is 25.4. The van der Waals surface area contributed by atoms with Crippen molar-refractivity contribution in [3.63, 3.8) is 0 Å². The Hall–Kier alpha value is -4.73. The molecule has 0 atom stereocenters. The molecule has 3 heterocycles. The summed E-state index contributed by atoms with van der Waals surface area (Å²) in [5.74, 6) is 0.908. The number of H-pyrrole nitrogens is 1. The molecular formula is C35H37ClN6O3. The molecule has 0 unspecified atom stereocenters. The molecule has 45 heavy (non-hydrogen) atoms. The van der Waals surface area contributed by atoms with E-state index in [1.807, 2.05) is 92.7 Å². The molecule has 6 rings (SSSR count). The van der Waals surface area contributed by atoms with Gasteiger partial charge in [0.1, 0.15) is 17.2 Å². The van der Waals surface area contributed by atoms with Crippen LogP contribution in [-0.2, 0) is 10.4 Å². The molecule has 0 saturated carbocycles. The fourth-order valence-corrected chi connectivity index (χ4v) is 5.85. The summed E-state index contributed by atoms with van der Waals surface area (Å²) in [4.78, 5) is 38.8. The average Bonchev–Trinajstić information content (AvgIpc) is 3.53. The highest BCUT2D eigenvalue weighted by molar-refractivity contribution is 6.33. The van der Waals surface area contributed by atoms with E-state index in [2.05, 4.69) is 15.6 Å². The van der Waals surface area contributed by atoms with Crippen LogP contribution in [0.3, 0.4) is 0 Å². The van der Waals surface area contributed by atoms with Gasteiger partial charge >= 0.3 is 0 Å². The summed E-state index contributed by atoms with van der Waals surface area (Å²) in [5.41, 5.74) is 3.23. The quantitative estimate of drug-likeness (QED) is 0.113. The van der Waals surface area contributed by atoms with Crippen LogP contribution in [-0.4, -0.2) is 63.5 Å². The molecule has 0 bridgehead atoms. The third kappa shape index (κ3) is 6.84. The zero-order valence-corrected chi connectivity index (χ0v) is 26.1. The molecule has 9 nitrogen and oxygen atoms in total. The fourth-order valence-electron chi connectivity index (χ4n) is 5.61. The van der Waals surface area contributed by atoms with E-state index < -0.39 is 5.60 Å². The average molecular weight is 625 g/mol. The van der Waals surface area contributed by atoms with Gasteiger partial charge in [-0.3, -0.25) is 9.59 Å². The maximum Gasteiger partial charge on any atom is 0.270 e. The first kappa shape index (κ1) is 31.7. The molecule has 1 aliphatic heterocycles. The number of amides is 2. The summed E-state index contributed by atoms with van der Waals surface area (Å²) in [6.07, 6.45) is 1.42. The van der Waals surface area contributed by atoms with E-state index in [4.69, 9.17) is 21.6 Å². The Bertz CT molecular complexity index is 1770.